The van der Waals surface area contributed by atoms with Crippen LogP contribution in [0.25, 0.3) is 0 Å². The van der Waals surface area contributed by atoms with Crippen LogP contribution in [-0.4, -0.2) is 41.2 Å². The Hall–Kier alpha value is -2.46. The molecule has 0 spiro atoms. The topological polar surface area (TPSA) is 253 Å². The molecule has 0 atom stereocenters. The Kier molecular flexibility index (Phi) is 40.3. The Morgan fingerprint density at radius 2 is 0.529 bits per heavy atom. The van der Waals surface area contributed by atoms with E-state index in [2.05, 4.69) is 0 Å². The number of hydrogen-bond acceptors (Lipinski definition) is 8. The number of hydrogen-bond donors (Lipinski definition) is 4. The van der Waals surface area contributed by atoms with Crippen molar-refractivity contribution in [3.63, 3.8) is 0 Å². The minimum Gasteiger partial charge on any atom is -0.328 e. The molecule has 17 heavy (non-hydrogen) atoms. The van der Waals surface area contributed by atoms with E-state index in [-0.39, 0.29) is 22.4 Å². The van der Waals surface area contributed by atoms with E-state index in [0.29, 0.717) is 0 Å². The van der Waals surface area contributed by atoms with Crippen molar-refractivity contribution >= 4 is 0 Å². The van der Waals surface area contributed by atoms with E-state index in [0.717, 1.165) is 0 Å². The summed E-state index contributed by atoms with van der Waals surface area (Å²) in [6.07, 6.45) is 0. The third kappa shape index (κ3) is 298. The fraction of sp³-hybridized carbons (Fsp3) is 0. The van der Waals surface area contributed by atoms with Crippen molar-refractivity contribution in [3.8, 4) is 0 Å². The molecule has 0 heterocycles. The molecular formula is H4AuN4O12. The fourth-order valence-corrected chi connectivity index (χ4v) is 0. The fourth-order valence-electron chi connectivity index (χ4n) is 0. The molecular weight excluding hydrogens is 445 g/mol. The van der Waals surface area contributed by atoms with Crippen molar-refractivity contribution < 1.29 is 63.6 Å². The van der Waals surface area contributed by atoms with E-state index in [1.165, 1.54) is 0 Å². The molecule has 0 fully saturated rings. The quantitative estimate of drug-likeness (QED) is 0.189. The van der Waals surface area contributed by atoms with Crippen LogP contribution in [0.15, 0.2) is 0 Å². The minimum absolute atomic E-state index is 0. The first-order valence-corrected chi connectivity index (χ1v) is 2.26. The first-order chi connectivity index (χ1) is 6.93. The van der Waals surface area contributed by atoms with E-state index in [1.54, 1.807) is 0 Å². The van der Waals surface area contributed by atoms with Crippen molar-refractivity contribution in [1.82, 2.24) is 0 Å². The van der Waals surface area contributed by atoms with E-state index < -0.39 is 20.3 Å². The second-order valence-electron chi connectivity index (χ2n) is 0.951. The van der Waals surface area contributed by atoms with Crippen molar-refractivity contribution in [2.75, 3.05) is 0 Å². The van der Waals surface area contributed by atoms with Crippen LogP contribution in [0.5, 0.6) is 0 Å². The summed E-state index contributed by atoms with van der Waals surface area (Å²) in [4.78, 5) is 33.4. The van der Waals surface area contributed by atoms with E-state index in [4.69, 9.17) is 61.3 Å². The van der Waals surface area contributed by atoms with Gasteiger partial charge in [0.15, 0.2) is 0 Å². The van der Waals surface area contributed by atoms with Crippen LogP contribution in [0.3, 0.4) is 0 Å². The zero-order valence-corrected chi connectivity index (χ0v) is 9.31. The second kappa shape index (κ2) is 23.4. The van der Waals surface area contributed by atoms with Gasteiger partial charge in [0.05, 0.1) is 0 Å². The third-order valence-corrected chi connectivity index (χ3v) is 0. The summed E-state index contributed by atoms with van der Waals surface area (Å²) in [5, 5.41) is 54.6. The first kappa shape index (κ1) is 29.3. The number of nitrogens with zero attached hydrogens (tertiary/aromatic N) is 4. The molecule has 1 radical (unpaired) electrons. The SMILES string of the molecule is O=[N+]([O-])O.O=[N+]([O-])O.O=[N+]([O-])O.O=[N+]([O-])O.[Au]. The van der Waals surface area contributed by atoms with Crippen molar-refractivity contribution in [3.05, 3.63) is 40.5 Å². The molecule has 0 aromatic carbocycles. The van der Waals surface area contributed by atoms with Gasteiger partial charge in [-0.3, -0.25) is 0 Å². The molecule has 0 aromatic rings. The molecule has 0 aromatic heterocycles. The molecule has 0 bridgehead atoms. The van der Waals surface area contributed by atoms with Gasteiger partial charge in [-0.25, -0.2) is 0 Å². The molecule has 4 N–H and O–H groups in total. The molecule has 17 heteroatoms. The molecule has 0 saturated heterocycles. The van der Waals surface area contributed by atoms with Crippen LogP contribution in [-0.2, 0) is 22.4 Å². The van der Waals surface area contributed by atoms with Crippen LogP contribution in [0.4, 0.5) is 0 Å². The summed E-state index contributed by atoms with van der Waals surface area (Å²) < 4.78 is 0. The maximum Gasteiger partial charge on any atom is 0.291 e. The van der Waals surface area contributed by atoms with E-state index in [9.17, 15) is 0 Å². The van der Waals surface area contributed by atoms with Crippen LogP contribution >= 0.6 is 0 Å². The Balaban J connectivity index is -0.0000000369. The van der Waals surface area contributed by atoms with Crippen molar-refractivity contribution in [2.24, 2.45) is 0 Å². The first-order valence-electron chi connectivity index (χ1n) is 2.26. The molecule has 0 aliphatic heterocycles. The predicted molar refractivity (Wildman–Crippen MR) is 35.1 cm³/mol. The summed E-state index contributed by atoms with van der Waals surface area (Å²) >= 11 is 0. The normalized spacial score (nSPS) is 5.65. The average Bonchev–Trinajstić information content (AvgIpc) is 1.76. The van der Waals surface area contributed by atoms with Crippen LogP contribution < -0.4 is 0 Å². The van der Waals surface area contributed by atoms with Crippen molar-refractivity contribution in [1.29, 1.82) is 0 Å². The number of rotatable bonds is 0. The van der Waals surface area contributed by atoms with Gasteiger partial charge in [-0.15, -0.1) is 40.5 Å². The average molecular weight is 449 g/mol. The molecule has 16 nitrogen and oxygen atoms in total. The van der Waals surface area contributed by atoms with Gasteiger partial charge in [0, 0.05) is 22.4 Å². The Morgan fingerprint density at radius 1 is 0.529 bits per heavy atom. The van der Waals surface area contributed by atoms with Gasteiger partial charge in [-0.05, 0) is 0 Å². The maximum absolute atomic E-state index is 8.36. The summed E-state index contributed by atoms with van der Waals surface area (Å²) in [5.41, 5.74) is 0. The third-order valence-electron chi connectivity index (χ3n) is 0. The van der Waals surface area contributed by atoms with Gasteiger partial charge in [0.1, 0.15) is 0 Å². The molecule has 0 saturated carbocycles. The summed E-state index contributed by atoms with van der Waals surface area (Å²) in [5.74, 6) is 0. The van der Waals surface area contributed by atoms with Crippen LogP contribution in [0.1, 0.15) is 0 Å². The molecule has 0 unspecified atom stereocenters. The Bertz CT molecular complexity index is 159. The zero-order valence-electron chi connectivity index (χ0n) is 7.15. The van der Waals surface area contributed by atoms with E-state index in [1.807, 2.05) is 0 Å². The van der Waals surface area contributed by atoms with Crippen LogP contribution in [0, 0.1) is 40.5 Å². The van der Waals surface area contributed by atoms with Gasteiger partial charge >= 0.3 is 0 Å². The summed E-state index contributed by atoms with van der Waals surface area (Å²) in [6, 6.07) is 0. The Morgan fingerprint density at radius 3 is 0.529 bits per heavy atom. The smallest absolute Gasteiger partial charge is 0.291 e. The van der Waals surface area contributed by atoms with Gasteiger partial charge in [0.2, 0.25) is 0 Å². The molecule has 0 aliphatic carbocycles. The predicted octanol–water partition coefficient (Wildman–Crippen LogP) is -1.39. The summed E-state index contributed by atoms with van der Waals surface area (Å²) in [6.45, 7) is 0. The van der Waals surface area contributed by atoms with Gasteiger partial charge < -0.3 is 20.8 Å². The maximum atomic E-state index is 8.36. The largest absolute Gasteiger partial charge is 0.328 e. The standard InChI is InChI=1S/Au.4HNO3/c;4*2-1(3)4/h;4*(H,2,3,4). The van der Waals surface area contributed by atoms with Crippen molar-refractivity contribution in [2.45, 2.75) is 0 Å². The second-order valence-corrected chi connectivity index (χ2v) is 0.951. The zero-order chi connectivity index (χ0) is 14.3. The molecule has 0 rings (SSSR count). The Labute approximate surface area is 105 Å². The van der Waals surface area contributed by atoms with Gasteiger partial charge in [-0.1, -0.05) is 0 Å². The van der Waals surface area contributed by atoms with Gasteiger partial charge in [0.25, 0.3) is 20.3 Å². The monoisotopic (exact) mass is 449 g/mol. The van der Waals surface area contributed by atoms with Crippen LogP contribution in [0.2, 0.25) is 0 Å². The minimum atomic E-state index is -1.50. The van der Waals surface area contributed by atoms with E-state index >= 15 is 0 Å². The molecule has 0 amide bonds. The summed E-state index contributed by atoms with van der Waals surface area (Å²) in [7, 11) is 0. The van der Waals surface area contributed by atoms with Gasteiger partial charge in [-0.2, -0.15) is 0 Å². The molecule has 107 valence electrons. The molecule has 0 aliphatic rings.